The van der Waals surface area contributed by atoms with Gasteiger partial charge in [-0.05, 0) is 42.8 Å². The Labute approximate surface area is 167 Å². The summed E-state index contributed by atoms with van der Waals surface area (Å²) >= 11 is 12.3. The fourth-order valence-electron chi connectivity index (χ4n) is 3.52. The van der Waals surface area contributed by atoms with Gasteiger partial charge in [0, 0.05) is 28.9 Å². The van der Waals surface area contributed by atoms with E-state index < -0.39 is 5.54 Å². The highest BCUT2D eigenvalue weighted by atomic mass is 35.5. The van der Waals surface area contributed by atoms with E-state index >= 15 is 0 Å². The van der Waals surface area contributed by atoms with Gasteiger partial charge >= 0.3 is 0 Å². The van der Waals surface area contributed by atoms with Gasteiger partial charge in [-0.3, -0.25) is 4.79 Å². The van der Waals surface area contributed by atoms with Crippen LogP contribution in [0.5, 0.6) is 5.75 Å². The second-order valence-electron chi connectivity index (χ2n) is 6.67. The molecule has 0 aliphatic carbocycles. The van der Waals surface area contributed by atoms with Crippen molar-refractivity contribution in [2.45, 2.75) is 18.9 Å². The third-order valence-corrected chi connectivity index (χ3v) is 5.24. The molecule has 138 valence electrons. The molecule has 2 heterocycles. The van der Waals surface area contributed by atoms with Crippen molar-refractivity contribution < 1.29 is 9.53 Å². The maximum Gasteiger partial charge on any atom is 0.260 e. The number of rotatable bonds is 4. The highest BCUT2D eigenvalue weighted by Gasteiger charge is 2.48. The van der Waals surface area contributed by atoms with E-state index in [-0.39, 0.29) is 5.91 Å². The van der Waals surface area contributed by atoms with E-state index in [1.54, 1.807) is 36.4 Å². The quantitative estimate of drug-likeness (QED) is 0.628. The number of amides is 1. The summed E-state index contributed by atoms with van der Waals surface area (Å²) in [6.45, 7) is 1.91. The number of carbonyl (C=O) groups excluding carboxylic acids is 1. The molecule has 0 N–H and O–H groups in total. The van der Waals surface area contributed by atoms with Crippen molar-refractivity contribution in [3.05, 3.63) is 70.5 Å². The Balaban J connectivity index is 1.78. The molecular weight excluding hydrogens is 385 g/mol. The lowest BCUT2D eigenvalue weighted by Crippen LogP contribution is -2.40. The van der Waals surface area contributed by atoms with E-state index in [1.807, 2.05) is 42.0 Å². The van der Waals surface area contributed by atoms with Crippen molar-refractivity contribution in [2.75, 3.05) is 12.0 Å². The first-order valence-electron chi connectivity index (χ1n) is 8.40. The molecule has 3 aromatic rings. The smallest absolute Gasteiger partial charge is 0.260 e. The van der Waals surface area contributed by atoms with Crippen LogP contribution in [0.2, 0.25) is 10.0 Å². The van der Waals surface area contributed by atoms with Gasteiger partial charge in [-0.25, -0.2) is 9.88 Å². The lowest BCUT2D eigenvalue weighted by Gasteiger charge is -2.25. The lowest BCUT2D eigenvalue weighted by atomic mass is 9.92. The van der Waals surface area contributed by atoms with Gasteiger partial charge in [0.15, 0.2) is 0 Å². The number of carbonyl (C=O) groups is 1. The average Bonchev–Trinajstić information content (AvgIpc) is 3.17. The minimum absolute atomic E-state index is 0.0910. The zero-order valence-corrected chi connectivity index (χ0v) is 16.3. The molecule has 1 aliphatic rings. The zero-order chi connectivity index (χ0) is 19.2. The molecule has 1 amide bonds. The fraction of sp³-hybridized carbons (Fsp3) is 0.200. The van der Waals surface area contributed by atoms with Crippen LogP contribution < -0.4 is 9.64 Å². The largest absolute Gasteiger partial charge is 0.497 e. The first kappa shape index (κ1) is 17.9. The molecule has 27 heavy (non-hydrogen) atoms. The van der Waals surface area contributed by atoms with E-state index in [0.29, 0.717) is 28.1 Å². The molecule has 0 radical (unpaired) electrons. The maximum atomic E-state index is 13.5. The molecule has 1 atom stereocenters. The van der Waals surface area contributed by atoms with Crippen LogP contribution in [-0.4, -0.2) is 22.6 Å². The zero-order valence-electron chi connectivity index (χ0n) is 14.8. The Morgan fingerprint density at radius 1 is 1.15 bits per heavy atom. The SMILES string of the molecule is COc1cccc(CC2(C)C(=O)N(c3cc(Cl)cc(Cl)c3)c3nccn32)c1. The first-order valence-corrected chi connectivity index (χ1v) is 9.15. The Kier molecular flexibility index (Phi) is 4.36. The number of imidazole rings is 1. The molecule has 0 saturated heterocycles. The summed E-state index contributed by atoms with van der Waals surface area (Å²) in [7, 11) is 1.63. The minimum Gasteiger partial charge on any atom is -0.497 e. The maximum absolute atomic E-state index is 13.5. The molecule has 0 bridgehead atoms. The molecule has 4 rings (SSSR count). The van der Waals surface area contributed by atoms with E-state index in [4.69, 9.17) is 27.9 Å². The van der Waals surface area contributed by atoms with Crippen molar-refractivity contribution >= 4 is 40.7 Å². The number of hydrogen-bond donors (Lipinski definition) is 0. The molecule has 1 aromatic heterocycles. The number of anilines is 2. The van der Waals surface area contributed by atoms with Crippen LogP contribution in [0.25, 0.3) is 0 Å². The standard InChI is InChI=1S/C20H17Cl2N3O2/c1-20(12-13-4-3-5-17(8-13)27-2)18(26)25(19-23-6-7-24(19)20)16-10-14(21)9-15(22)11-16/h3-11H,12H2,1-2H3. The molecule has 0 spiro atoms. The van der Waals surface area contributed by atoms with E-state index in [9.17, 15) is 4.79 Å². The van der Waals surface area contributed by atoms with Crippen LogP contribution in [0.3, 0.4) is 0 Å². The molecule has 0 fully saturated rings. The Hall–Kier alpha value is -2.50. The predicted molar refractivity (Wildman–Crippen MR) is 106 cm³/mol. The molecule has 0 saturated carbocycles. The van der Waals surface area contributed by atoms with Crippen molar-refractivity contribution in [1.82, 2.24) is 9.55 Å². The van der Waals surface area contributed by atoms with Crippen molar-refractivity contribution in [2.24, 2.45) is 0 Å². The van der Waals surface area contributed by atoms with Crippen LogP contribution in [0, 0.1) is 0 Å². The van der Waals surface area contributed by atoms with E-state index in [2.05, 4.69) is 4.98 Å². The number of halogens is 2. The van der Waals surface area contributed by atoms with Gasteiger partial charge in [0.25, 0.3) is 5.91 Å². The second kappa shape index (κ2) is 6.59. The Bertz CT molecular complexity index is 1010. The summed E-state index contributed by atoms with van der Waals surface area (Å²) in [4.78, 5) is 19.4. The summed E-state index contributed by atoms with van der Waals surface area (Å²) in [6.07, 6.45) is 4.00. The van der Waals surface area contributed by atoms with Gasteiger partial charge in [-0.2, -0.15) is 0 Å². The molecule has 1 unspecified atom stereocenters. The van der Waals surface area contributed by atoms with Gasteiger partial charge in [-0.1, -0.05) is 35.3 Å². The number of methoxy groups -OCH3 is 1. The molecule has 2 aromatic carbocycles. The monoisotopic (exact) mass is 401 g/mol. The number of nitrogens with zero attached hydrogens (tertiary/aromatic N) is 3. The fourth-order valence-corrected chi connectivity index (χ4v) is 4.04. The molecule has 1 aliphatic heterocycles. The Morgan fingerprint density at radius 3 is 2.59 bits per heavy atom. The highest BCUT2D eigenvalue weighted by molar-refractivity contribution is 6.35. The van der Waals surface area contributed by atoms with Gasteiger partial charge in [0.2, 0.25) is 5.95 Å². The second-order valence-corrected chi connectivity index (χ2v) is 7.54. The van der Waals surface area contributed by atoms with Gasteiger partial charge in [-0.15, -0.1) is 0 Å². The summed E-state index contributed by atoms with van der Waals surface area (Å²) in [5, 5.41) is 0.926. The summed E-state index contributed by atoms with van der Waals surface area (Å²) in [5.41, 5.74) is 0.766. The number of aromatic nitrogens is 2. The van der Waals surface area contributed by atoms with Crippen LogP contribution in [0.4, 0.5) is 11.6 Å². The lowest BCUT2D eigenvalue weighted by molar-refractivity contribution is -0.123. The van der Waals surface area contributed by atoms with Gasteiger partial charge in [0.1, 0.15) is 11.3 Å². The minimum atomic E-state index is -0.826. The van der Waals surface area contributed by atoms with Gasteiger partial charge < -0.3 is 9.30 Å². The van der Waals surface area contributed by atoms with Gasteiger partial charge in [0.05, 0.1) is 12.8 Å². The van der Waals surface area contributed by atoms with E-state index in [1.165, 1.54) is 0 Å². The summed E-state index contributed by atoms with van der Waals surface area (Å²) in [5.74, 6) is 1.21. The summed E-state index contributed by atoms with van der Waals surface area (Å²) in [6, 6.07) is 12.8. The number of fused-ring (bicyclic) bond motifs is 1. The highest BCUT2D eigenvalue weighted by Crippen LogP contribution is 2.42. The van der Waals surface area contributed by atoms with Crippen LogP contribution >= 0.6 is 23.2 Å². The number of ether oxygens (including phenoxy) is 1. The number of benzene rings is 2. The molecular formula is C20H17Cl2N3O2. The average molecular weight is 402 g/mol. The van der Waals surface area contributed by atoms with Crippen LogP contribution in [0.1, 0.15) is 12.5 Å². The van der Waals surface area contributed by atoms with Crippen LogP contribution in [0.15, 0.2) is 54.9 Å². The Morgan fingerprint density at radius 2 is 1.89 bits per heavy atom. The molecule has 5 nitrogen and oxygen atoms in total. The van der Waals surface area contributed by atoms with Crippen molar-refractivity contribution in [1.29, 1.82) is 0 Å². The van der Waals surface area contributed by atoms with Crippen molar-refractivity contribution in [3.8, 4) is 5.75 Å². The predicted octanol–water partition coefficient (Wildman–Crippen LogP) is 4.83. The van der Waals surface area contributed by atoms with E-state index in [0.717, 1.165) is 11.3 Å². The third kappa shape index (κ3) is 2.97. The normalized spacial score (nSPS) is 18.7. The topological polar surface area (TPSA) is 47.4 Å². The molecule has 7 heteroatoms. The summed E-state index contributed by atoms with van der Waals surface area (Å²) < 4.78 is 7.20. The first-order chi connectivity index (χ1) is 12.9. The third-order valence-electron chi connectivity index (χ3n) is 4.80. The van der Waals surface area contributed by atoms with Crippen molar-refractivity contribution in [3.63, 3.8) is 0 Å². The van der Waals surface area contributed by atoms with Crippen LogP contribution in [-0.2, 0) is 16.8 Å². The number of hydrogen-bond acceptors (Lipinski definition) is 3.